The highest BCUT2D eigenvalue weighted by atomic mass is 16.5. The summed E-state index contributed by atoms with van der Waals surface area (Å²) in [7, 11) is 3.23. The fourth-order valence-corrected chi connectivity index (χ4v) is 2.55. The van der Waals surface area contributed by atoms with Crippen LogP contribution in [-0.4, -0.2) is 26.7 Å². The molecule has 2 rings (SSSR count). The maximum absolute atomic E-state index is 12.2. The standard InChI is InChI=1S/C20H25NO4/c1-4-25-17-10-6-5-9-16(17)21-20(22)11-7-8-15-12-13-18(23-2)19(14-15)24-3/h5-6,9-10,12-14H,4,7-8,11H2,1-3H3,(H,21,22). The summed E-state index contributed by atoms with van der Waals surface area (Å²) >= 11 is 0. The number of carbonyl (C=O) groups is 1. The molecule has 0 heterocycles. The quantitative estimate of drug-likeness (QED) is 0.746. The molecule has 0 spiro atoms. The monoisotopic (exact) mass is 343 g/mol. The van der Waals surface area contributed by atoms with Gasteiger partial charge in [0.1, 0.15) is 5.75 Å². The van der Waals surface area contributed by atoms with Crippen molar-refractivity contribution in [3.8, 4) is 17.2 Å². The van der Waals surface area contributed by atoms with Crippen LogP contribution in [0, 0.1) is 0 Å². The van der Waals surface area contributed by atoms with Crippen molar-refractivity contribution in [1.29, 1.82) is 0 Å². The summed E-state index contributed by atoms with van der Waals surface area (Å²) in [6.45, 7) is 2.48. The van der Waals surface area contributed by atoms with E-state index in [2.05, 4.69) is 5.32 Å². The van der Waals surface area contributed by atoms with Crippen LogP contribution in [0.1, 0.15) is 25.3 Å². The van der Waals surface area contributed by atoms with Crippen LogP contribution < -0.4 is 19.5 Å². The molecule has 25 heavy (non-hydrogen) atoms. The van der Waals surface area contributed by atoms with Crippen molar-refractivity contribution >= 4 is 11.6 Å². The third kappa shape index (κ3) is 5.41. The van der Waals surface area contributed by atoms with E-state index in [-0.39, 0.29) is 5.91 Å². The second-order valence-electron chi connectivity index (χ2n) is 5.52. The lowest BCUT2D eigenvalue weighted by atomic mass is 10.1. The van der Waals surface area contributed by atoms with Crippen molar-refractivity contribution in [3.05, 3.63) is 48.0 Å². The summed E-state index contributed by atoms with van der Waals surface area (Å²) in [4.78, 5) is 12.2. The summed E-state index contributed by atoms with van der Waals surface area (Å²) in [6, 6.07) is 13.3. The number of hydrogen-bond donors (Lipinski definition) is 1. The Morgan fingerprint density at radius 1 is 1.00 bits per heavy atom. The summed E-state index contributed by atoms with van der Waals surface area (Å²) in [6.07, 6.45) is 1.98. The molecule has 0 fully saturated rings. The summed E-state index contributed by atoms with van der Waals surface area (Å²) in [5.41, 5.74) is 1.82. The molecule has 0 saturated heterocycles. The first-order valence-corrected chi connectivity index (χ1v) is 8.40. The Morgan fingerprint density at radius 3 is 2.48 bits per heavy atom. The largest absolute Gasteiger partial charge is 0.493 e. The van der Waals surface area contributed by atoms with Crippen LogP contribution in [0.25, 0.3) is 0 Å². The molecular formula is C20H25NO4. The van der Waals surface area contributed by atoms with Gasteiger partial charge in [0.15, 0.2) is 11.5 Å². The van der Waals surface area contributed by atoms with Crippen LogP contribution in [0.5, 0.6) is 17.2 Å². The highest BCUT2D eigenvalue weighted by molar-refractivity contribution is 5.92. The molecule has 0 unspecified atom stereocenters. The van der Waals surface area contributed by atoms with Crippen molar-refractivity contribution in [2.45, 2.75) is 26.2 Å². The molecule has 1 amide bonds. The van der Waals surface area contributed by atoms with Crippen LogP contribution in [0.2, 0.25) is 0 Å². The zero-order valence-corrected chi connectivity index (χ0v) is 15.0. The lowest BCUT2D eigenvalue weighted by Crippen LogP contribution is -2.12. The molecule has 0 atom stereocenters. The number of rotatable bonds is 9. The molecule has 0 radical (unpaired) electrons. The predicted octanol–water partition coefficient (Wildman–Crippen LogP) is 4.06. The SMILES string of the molecule is CCOc1ccccc1NC(=O)CCCc1ccc(OC)c(OC)c1. The first-order chi connectivity index (χ1) is 12.2. The topological polar surface area (TPSA) is 56.8 Å². The number of benzene rings is 2. The van der Waals surface area contributed by atoms with Crippen LogP contribution in [-0.2, 0) is 11.2 Å². The van der Waals surface area contributed by atoms with E-state index in [4.69, 9.17) is 14.2 Å². The van der Waals surface area contributed by atoms with Crippen molar-refractivity contribution in [2.24, 2.45) is 0 Å². The molecule has 134 valence electrons. The minimum absolute atomic E-state index is 0.0207. The molecule has 0 aliphatic heterocycles. The Hall–Kier alpha value is -2.69. The highest BCUT2D eigenvalue weighted by Gasteiger charge is 2.08. The number of aryl methyl sites for hydroxylation is 1. The number of anilines is 1. The maximum atomic E-state index is 12.2. The minimum Gasteiger partial charge on any atom is -0.493 e. The number of methoxy groups -OCH3 is 2. The third-order valence-electron chi connectivity index (χ3n) is 3.78. The van der Waals surface area contributed by atoms with Gasteiger partial charge in [-0.3, -0.25) is 4.79 Å². The van der Waals surface area contributed by atoms with Gasteiger partial charge in [0.25, 0.3) is 0 Å². The van der Waals surface area contributed by atoms with E-state index in [0.29, 0.717) is 36.0 Å². The number of amides is 1. The average Bonchev–Trinajstić information content (AvgIpc) is 2.63. The summed E-state index contributed by atoms with van der Waals surface area (Å²) < 4.78 is 16.1. The normalized spacial score (nSPS) is 10.2. The summed E-state index contributed by atoms with van der Waals surface area (Å²) in [5, 5.41) is 2.91. The Balaban J connectivity index is 1.87. The smallest absolute Gasteiger partial charge is 0.224 e. The Labute approximate surface area is 148 Å². The van der Waals surface area contributed by atoms with E-state index in [9.17, 15) is 4.79 Å². The molecular weight excluding hydrogens is 318 g/mol. The van der Waals surface area contributed by atoms with E-state index in [1.165, 1.54) is 0 Å². The van der Waals surface area contributed by atoms with Crippen LogP contribution in [0.15, 0.2) is 42.5 Å². The van der Waals surface area contributed by atoms with Gasteiger partial charge in [-0.2, -0.15) is 0 Å². The third-order valence-corrected chi connectivity index (χ3v) is 3.78. The van der Waals surface area contributed by atoms with E-state index in [1.54, 1.807) is 14.2 Å². The number of carbonyl (C=O) groups excluding carboxylic acids is 1. The van der Waals surface area contributed by atoms with Gasteiger partial charge >= 0.3 is 0 Å². The van der Waals surface area contributed by atoms with Crippen LogP contribution in [0.3, 0.4) is 0 Å². The first-order valence-electron chi connectivity index (χ1n) is 8.40. The van der Waals surface area contributed by atoms with Gasteiger partial charge < -0.3 is 19.5 Å². The second kappa shape index (κ2) is 9.57. The molecule has 1 N–H and O–H groups in total. The Kier molecular flexibility index (Phi) is 7.14. The van der Waals surface area contributed by atoms with Crippen LogP contribution in [0.4, 0.5) is 5.69 Å². The van der Waals surface area contributed by atoms with Gasteiger partial charge in [0, 0.05) is 6.42 Å². The van der Waals surface area contributed by atoms with Gasteiger partial charge in [0.05, 0.1) is 26.5 Å². The molecule has 0 aliphatic rings. The lowest BCUT2D eigenvalue weighted by molar-refractivity contribution is -0.116. The number of hydrogen-bond acceptors (Lipinski definition) is 4. The summed E-state index contributed by atoms with van der Waals surface area (Å²) in [5.74, 6) is 2.08. The zero-order chi connectivity index (χ0) is 18.1. The van der Waals surface area contributed by atoms with Crippen LogP contribution >= 0.6 is 0 Å². The molecule has 0 aromatic heterocycles. The van der Waals surface area contributed by atoms with Gasteiger partial charge in [-0.25, -0.2) is 0 Å². The van der Waals surface area contributed by atoms with Crippen molar-refractivity contribution in [2.75, 3.05) is 26.1 Å². The fourth-order valence-electron chi connectivity index (χ4n) is 2.55. The number of nitrogens with one attached hydrogen (secondary N) is 1. The Morgan fingerprint density at radius 2 is 1.76 bits per heavy atom. The van der Waals surface area contributed by atoms with E-state index in [1.807, 2.05) is 49.4 Å². The molecule has 5 nitrogen and oxygen atoms in total. The molecule has 2 aromatic rings. The second-order valence-corrected chi connectivity index (χ2v) is 5.52. The fraction of sp³-hybridized carbons (Fsp3) is 0.350. The average molecular weight is 343 g/mol. The van der Waals surface area contributed by atoms with Gasteiger partial charge in [-0.15, -0.1) is 0 Å². The van der Waals surface area contributed by atoms with Gasteiger partial charge in [0.2, 0.25) is 5.91 Å². The molecule has 0 aliphatic carbocycles. The maximum Gasteiger partial charge on any atom is 0.224 e. The van der Waals surface area contributed by atoms with Gasteiger partial charge in [-0.05, 0) is 49.6 Å². The van der Waals surface area contributed by atoms with E-state index < -0.39 is 0 Å². The predicted molar refractivity (Wildman–Crippen MR) is 98.7 cm³/mol. The van der Waals surface area contributed by atoms with E-state index in [0.717, 1.165) is 18.4 Å². The number of para-hydroxylation sites is 2. The molecule has 2 aromatic carbocycles. The molecule has 5 heteroatoms. The van der Waals surface area contributed by atoms with Gasteiger partial charge in [-0.1, -0.05) is 18.2 Å². The minimum atomic E-state index is -0.0207. The Bertz CT molecular complexity index is 700. The molecule has 0 saturated carbocycles. The van der Waals surface area contributed by atoms with Crippen molar-refractivity contribution in [3.63, 3.8) is 0 Å². The first kappa shape index (κ1) is 18.6. The van der Waals surface area contributed by atoms with Crippen molar-refractivity contribution in [1.82, 2.24) is 0 Å². The van der Waals surface area contributed by atoms with E-state index >= 15 is 0 Å². The highest BCUT2D eigenvalue weighted by Crippen LogP contribution is 2.28. The van der Waals surface area contributed by atoms with Crippen molar-refractivity contribution < 1.29 is 19.0 Å². The molecule has 0 bridgehead atoms. The lowest BCUT2D eigenvalue weighted by Gasteiger charge is -2.11. The number of ether oxygens (including phenoxy) is 3. The zero-order valence-electron chi connectivity index (χ0n) is 15.0.